The van der Waals surface area contributed by atoms with Gasteiger partial charge in [-0.05, 0) is 46.3 Å². The first-order valence-corrected chi connectivity index (χ1v) is 12.6. The standard InChI is InChI=1S/C29H23N5S/c1-2-8-19(9-3-1)25-22-13-12-18-7-4-5-10-21(18)26(22)34-27(33-25)20-14-16-30-24(17-20)29-32-23-11-6-15-31-28(23)35-29/h1-17,25,27,29,32-34H. The van der Waals surface area contributed by atoms with Crippen molar-refractivity contribution in [2.45, 2.75) is 22.6 Å². The van der Waals surface area contributed by atoms with E-state index in [-0.39, 0.29) is 17.6 Å². The number of fused-ring (bicyclic) bond motifs is 4. The Morgan fingerprint density at radius 3 is 2.51 bits per heavy atom. The van der Waals surface area contributed by atoms with Gasteiger partial charge in [0.25, 0.3) is 0 Å². The molecule has 3 aromatic carbocycles. The Balaban J connectivity index is 1.29. The zero-order valence-electron chi connectivity index (χ0n) is 18.8. The zero-order valence-corrected chi connectivity index (χ0v) is 19.7. The van der Waals surface area contributed by atoms with E-state index in [1.807, 2.05) is 18.5 Å². The van der Waals surface area contributed by atoms with Gasteiger partial charge in [0.2, 0.25) is 0 Å². The summed E-state index contributed by atoms with van der Waals surface area (Å²) in [7, 11) is 0. The number of nitrogens with zero attached hydrogens (tertiary/aromatic N) is 2. The van der Waals surface area contributed by atoms with Gasteiger partial charge in [-0.1, -0.05) is 78.5 Å². The maximum Gasteiger partial charge on any atom is 0.122 e. The van der Waals surface area contributed by atoms with Crippen molar-refractivity contribution in [3.63, 3.8) is 0 Å². The van der Waals surface area contributed by atoms with Gasteiger partial charge in [0.05, 0.1) is 17.4 Å². The topological polar surface area (TPSA) is 61.9 Å². The highest BCUT2D eigenvalue weighted by molar-refractivity contribution is 8.00. The molecule has 5 nitrogen and oxygen atoms in total. The summed E-state index contributed by atoms with van der Waals surface area (Å²) in [5, 5.41) is 14.8. The van der Waals surface area contributed by atoms with Crippen LogP contribution in [0.2, 0.25) is 0 Å². The van der Waals surface area contributed by atoms with Crippen LogP contribution in [0.1, 0.15) is 40.0 Å². The van der Waals surface area contributed by atoms with E-state index in [1.165, 1.54) is 27.6 Å². The molecule has 3 N–H and O–H groups in total. The van der Waals surface area contributed by atoms with Crippen LogP contribution in [0, 0.1) is 0 Å². The summed E-state index contributed by atoms with van der Waals surface area (Å²) in [6, 6.07) is 32.1. The van der Waals surface area contributed by atoms with Gasteiger partial charge < -0.3 is 10.6 Å². The maximum atomic E-state index is 4.70. The Hall–Kier alpha value is -3.87. The van der Waals surface area contributed by atoms with Crippen LogP contribution in [0.25, 0.3) is 10.8 Å². The summed E-state index contributed by atoms with van der Waals surface area (Å²) in [5.41, 5.74) is 6.90. The lowest BCUT2D eigenvalue weighted by Crippen LogP contribution is -2.37. The number of aromatic nitrogens is 2. The largest absolute Gasteiger partial charge is 0.366 e. The van der Waals surface area contributed by atoms with Crippen LogP contribution >= 0.6 is 11.8 Å². The van der Waals surface area contributed by atoms with E-state index in [0.29, 0.717) is 0 Å². The molecule has 0 spiro atoms. The van der Waals surface area contributed by atoms with Crippen LogP contribution in [-0.2, 0) is 0 Å². The summed E-state index contributed by atoms with van der Waals surface area (Å²) < 4.78 is 0. The van der Waals surface area contributed by atoms with Crippen molar-refractivity contribution in [2.24, 2.45) is 0 Å². The van der Waals surface area contributed by atoms with E-state index >= 15 is 0 Å². The van der Waals surface area contributed by atoms with Crippen LogP contribution < -0.4 is 16.0 Å². The third-order valence-corrected chi connectivity index (χ3v) is 7.87. The van der Waals surface area contributed by atoms with Crippen molar-refractivity contribution >= 4 is 33.9 Å². The van der Waals surface area contributed by atoms with Crippen molar-refractivity contribution in [1.82, 2.24) is 15.3 Å². The minimum Gasteiger partial charge on any atom is -0.366 e. The fourth-order valence-corrected chi connectivity index (χ4v) is 6.07. The van der Waals surface area contributed by atoms with Crippen LogP contribution in [-0.4, -0.2) is 9.97 Å². The molecule has 0 saturated carbocycles. The molecule has 2 aromatic heterocycles. The number of hydrogen-bond donors (Lipinski definition) is 3. The molecule has 0 radical (unpaired) electrons. The van der Waals surface area contributed by atoms with Crippen molar-refractivity contribution in [3.8, 4) is 0 Å². The second-order valence-corrected chi connectivity index (χ2v) is 9.94. The Morgan fingerprint density at radius 2 is 1.60 bits per heavy atom. The second-order valence-electron chi connectivity index (χ2n) is 8.85. The zero-order chi connectivity index (χ0) is 23.2. The minimum absolute atomic E-state index is 0.0430. The number of benzene rings is 3. The number of pyridine rings is 2. The third-order valence-electron chi connectivity index (χ3n) is 6.72. The normalized spacial score (nSPS) is 20.5. The van der Waals surface area contributed by atoms with Crippen molar-refractivity contribution < 1.29 is 0 Å². The first-order valence-electron chi connectivity index (χ1n) is 11.8. The average Bonchev–Trinajstić information content (AvgIpc) is 3.37. The first kappa shape index (κ1) is 20.5. The molecule has 0 saturated heterocycles. The Kier molecular flexibility index (Phi) is 4.93. The van der Waals surface area contributed by atoms with E-state index < -0.39 is 0 Å². The highest BCUT2D eigenvalue weighted by Crippen LogP contribution is 2.45. The van der Waals surface area contributed by atoms with Crippen LogP contribution in [0.15, 0.2) is 108 Å². The molecule has 2 aliphatic rings. The SMILES string of the molecule is c1ccc(C2NC(c3ccnc(C4Nc5cccnc5S4)c3)Nc3c2ccc2ccccc32)cc1. The van der Waals surface area contributed by atoms with Crippen LogP contribution in [0.3, 0.4) is 0 Å². The summed E-state index contributed by atoms with van der Waals surface area (Å²) in [6.45, 7) is 0. The first-order chi connectivity index (χ1) is 17.3. The predicted molar refractivity (Wildman–Crippen MR) is 142 cm³/mol. The number of anilines is 2. The van der Waals surface area contributed by atoms with Gasteiger partial charge in [-0.25, -0.2) is 4.98 Å². The van der Waals surface area contributed by atoms with Crippen LogP contribution in [0.5, 0.6) is 0 Å². The van der Waals surface area contributed by atoms with Crippen molar-refractivity contribution in [3.05, 3.63) is 126 Å². The molecule has 3 unspecified atom stereocenters. The van der Waals surface area contributed by atoms with Crippen molar-refractivity contribution in [2.75, 3.05) is 10.6 Å². The number of thioether (sulfide) groups is 1. The molecule has 4 heterocycles. The van der Waals surface area contributed by atoms with E-state index in [2.05, 4.69) is 106 Å². The molecule has 7 rings (SSSR count). The van der Waals surface area contributed by atoms with E-state index in [9.17, 15) is 0 Å². The predicted octanol–water partition coefficient (Wildman–Crippen LogP) is 6.65. The molecule has 3 atom stereocenters. The summed E-state index contributed by atoms with van der Waals surface area (Å²) in [4.78, 5) is 9.20. The van der Waals surface area contributed by atoms with Gasteiger partial charge in [0.1, 0.15) is 16.6 Å². The van der Waals surface area contributed by atoms with Gasteiger partial charge in [-0.3, -0.25) is 10.3 Å². The molecular formula is C29H23N5S. The lowest BCUT2D eigenvalue weighted by atomic mass is 9.91. The molecule has 6 heteroatoms. The van der Waals surface area contributed by atoms with E-state index in [1.54, 1.807) is 11.8 Å². The molecular weight excluding hydrogens is 450 g/mol. The lowest BCUT2D eigenvalue weighted by Gasteiger charge is -2.36. The van der Waals surface area contributed by atoms with Gasteiger partial charge in [-0.2, -0.15) is 0 Å². The minimum atomic E-state index is -0.0628. The van der Waals surface area contributed by atoms with Gasteiger partial charge in [0, 0.05) is 23.5 Å². The molecule has 35 heavy (non-hydrogen) atoms. The number of nitrogens with one attached hydrogen (secondary N) is 3. The third kappa shape index (κ3) is 3.62. The van der Waals surface area contributed by atoms with Gasteiger partial charge >= 0.3 is 0 Å². The summed E-state index contributed by atoms with van der Waals surface area (Å²) in [6.07, 6.45) is 3.68. The molecule has 0 fully saturated rings. The second kappa shape index (κ2) is 8.41. The monoisotopic (exact) mass is 473 g/mol. The van der Waals surface area contributed by atoms with E-state index in [4.69, 9.17) is 4.98 Å². The molecule has 2 aliphatic heterocycles. The maximum absolute atomic E-state index is 4.70. The summed E-state index contributed by atoms with van der Waals surface area (Å²) in [5.74, 6) is 0. The molecule has 0 bridgehead atoms. The fourth-order valence-electron chi connectivity index (χ4n) is 5.03. The quantitative estimate of drug-likeness (QED) is 0.273. The van der Waals surface area contributed by atoms with Gasteiger partial charge in [0.15, 0.2) is 0 Å². The Labute approximate surface area is 208 Å². The van der Waals surface area contributed by atoms with E-state index in [0.717, 1.165) is 22.0 Å². The van der Waals surface area contributed by atoms with Crippen molar-refractivity contribution in [1.29, 1.82) is 0 Å². The van der Waals surface area contributed by atoms with Crippen LogP contribution in [0.4, 0.5) is 11.4 Å². The molecule has 5 aromatic rings. The molecule has 0 amide bonds. The number of hydrogen-bond acceptors (Lipinski definition) is 6. The number of rotatable bonds is 3. The average molecular weight is 474 g/mol. The summed E-state index contributed by atoms with van der Waals surface area (Å²) >= 11 is 1.71. The molecule has 0 aliphatic carbocycles. The highest BCUT2D eigenvalue weighted by atomic mass is 32.2. The fraction of sp³-hybridized carbons (Fsp3) is 0.103. The Morgan fingerprint density at radius 1 is 0.714 bits per heavy atom. The Bertz CT molecular complexity index is 1510. The van der Waals surface area contributed by atoms with Gasteiger partial charge in [-0.15, -0.1) is 0 Å². The molecule has 170 valence electrons. The smallest absolute Gasteiger partial charge is 0.122 e. The highest BCUT2D eigenvalue weighted by Gasteiger charge is 2.30. The lowest BCUT2D eigenvalue weighted by molar-refractivity contribution is 0.506.